The molecule has 0 atom stereocenters. The number of nitrogens with one attached hydrogen (secondary N) is 1. The van der Waals surface area contributed by atoms with Crippen molar-refractivity contribution in [1.29, 1.82) is 0 Å². The van der Waals surface area contributed by atoms with Crippen molar-refractivity contribution in [3.8, 4) is 5.75 Å². The van der Waals surface area contributed by atoms with E-state index in [-0.39, 0.29) is 17.7 Å². The summed E-state index contributed by atoms with van der Waals surface area (Å²) in [5, 5.41) is 12.3. The molecule has 6 heteroatoms. The van der Waals surface area contributed by atoms with E-state index in [9.17, 15) is 9.59 Å². The van der Waals surface area contributed by atoms with Crippen LogP contribution >= 0.6 is 11.6 Å². The highest BCUT2D eigenvalue weighted by Crippen LogP contribution is 2.43. The lowest BCUT2D eigenvalue weighted by molar-refractivity contribution is -0.141. The molecule has 0 bridgehead atoms. The molecule has 2 rings (SSSR count). The fourth-order valence-electron chi connectivity index (χ4n) is 2.63. The van der Waals surface area contributed by atoms with Crippen molar-refractivity contribution in [2.24, 2.45) is 5.41 Å². The average Bonchev–Trinajstić information content (AvgIpc) is 2.40. The second-order valence-corrected chi connectivity index (χ2v) is 5.89. The molecule has 1 aromatic carbocycles. The Kier molecular flexibility index (Phi) is 4.73. The minimum absolute atomic E-state index is 0.0883. The third-order valence-corrected chi connectivity index (χ3v) is 4.21. The first-order chi connectivity index (χ1) is 9.96. The minimum atomic E-state index is -0.826. The van der Waals surface area contributed by atoms with Crippen LogP contribution in [0.4, 0.5) is 0 Å². The van der Waals surface area contributed by atoms with E-state index in [1.165, 1.54) is 7.11 Å². The maximum absolute atomic E-state index is 12.2. The summed E-state index contributed by atoms with van der Waals surface area (Å²) in [5.41, 5.74) is 0.0907. The first kappa shape index (κ1) is 15.6. The molecule has 1 aliphatic rings. The van der Waals surface area contributed by atoms with Crippen LogP contribution in [-0.4, -0.2) is 30.6 Å². The molecule has 0 radical (unpaired) electrons. The molecular weight excluding hydrogens is 294 g/mol. The Balaban J connectivity index is 2.03. The predicted octanol–water partition coefficient (Wildman–Crippen LogP) is 2.72. The number of carbonyl (C=O) groups is 2. The second kappa shape index (κ2) is 6.35. The number of carboxylic acid groups (broad SMARTS) is 1. The van der Waals surface area contributed by atoms with Gasteiger partial charge in [-0.05, 0) is 36.5 Å². The first-order valence-electron chi connectivity index (χ1n) is 6.79. The first-order valence-corrected chi connectivity index (χ1v) is 7.17. The number of hydrogen-bond acceptors (Lipinski definition) is 3. The number of carboxylic acids is 1. The average molecular weight is 312 g/mol. The zero-order valence-corrected chi connectivity index (χ0v) is 12.6. The number of carbonyl (C=O) groups excluding carboxylic acids is 1. The molecule has 21 heavy (non-hydrogen) atoms. The topological polar surface area (TPSA) is 75.6 Å². The van der Waals surface area contributed by atoms with E-state index >= 15 is 0 Å². The van der Waals surface area contributed by atoms with Crippen LogP contribution in [0.1, 0.15) is 36.0 Å². The number of benzene rings is 1. The van der Waals surface area contributed by atoms with Gasteiger partial charge in [0.05, 0.1) is 19.1 Å². The van der Waals surface area contributed by atoms with Gasteiger partial charge in [-0.2, -0.15) is 0 Å². The predicted molar refractivity (Wildman–Crippen MR) is 78.9 cm³/mol. The van der Waals surface area contributed by atoms with Crippen molar-refractivity contribution >= 4 is 23.5 Å². The van der Waals surface area contributed by atoms with E-state index in [0.717, 1.165) is 19.3 Å². The van der Waals surface area contributed by atoms with Crippen molar-refractivity contribution in [3.63, 3.8) is 0 Å². The minimum Gasteiger partial charge on any atom is -0.496 e. The monoisotopic (exact) mass is 311 g/mol. The van der Waals surface area contributed by atoms with Gasteiger partial charge < -0.3 is 15.2 Å². The molecule has 114 valence electrons. The smallest absolute Gasteiger partial charge is 0.303 e. The Labute approximate surface area is 128 Å². The quantitative estimate of drug-likeness (QED) is 0.847. The van der Waals surface area contributed by atoms with E-state index < -0.39 is 5.97 Å². The van der Waals surface area contributed by atoms with Gasteiger partial charge in [-0.3, -0.25) is 9.59 Å². The molecule has 0 heterocycles. The summed E-state index contributed by atoms with van der Waals surface area (Å²) in [7, 11) is 1.47. The Morgan fingerprint density at radius 1 is 1.43 bits per heavy atom. The van der Waals surface area contributed by atoms with Gasteiger partial charge in [0.2, 0.25) is 0 Å². The molecule has 0 unspecified atom stereocenters. The standard InChI is InChI=1S/C15H18ClNO4/c1-21-12-7-10(16)3-4-11(12)14(20)17-9-15(5-2-6-15)8-13(18)19/h3-4,7H,2,5-6,8-9H2,1H3,(H,17,20)(H,18,19). The van der Waals surface area contributed by atoms with Gasteiger partial charge in [0.15, 0.2) is 0 Å². The number of hydrogen-bond donors (Lipinski definition) is 2. The third-order valence-electron chi connectivity index (χ3n) is 3.97. The molecule has 1 saturated carbocycles. The molecule has 5 nitrogen and oxygen atoms in total. The SMILES string of the molecule is COc1cc(Cl)ccc1C(=O)NCC1(CC(=O)O)CCC1. The fraction of sp³-hybridized carbons (Fsp3) is 0.467. The van der Waals surface area contributed by atoms with Crippen LogP contribution in [0.5, 0.6) is 5.75 Å². The lowest BCUT2D eigenvalue weighted by atomic mass is 9.66. The Bertz CT molecular complexity index is 555. The number of rotatable bonds is 6. The summed E-state index contributed by atoms with van der Waals surface area (Å²) in [6.45, 7) is 0.365. The maximum Gasteiger partial charge on any atom is 0.303 e. The summed E-state index contributed by atoms with van der Waals surface area (Å²) in [4.78, 5) is 23.1. The third kappa shape index (κ3) is 3.67. The van der Waals surface area contributed by atoms with Gasteiger partial charge in [-0.25, -0.2) is 0 Å². The van der Waals surface area contributed by atoms with E-state index in [1.807, 2.05) is 0 Å². The highest BCUT2D eigenvalue weighted by molar-refractivity contribution is 6.30. The molecule has 0 aliphatic heterocycles. The maximum atomic E-state index is 12.2. The molecule has 2 N–H and O–H groups in total. The lowest BCUT2D eigenvalue weighted by Crippen LogP contribution is -2.43. The zero-order valence-electron chi connectivity index (χ0n) is 11.8. The highest BCUT2D eigenvalue weighted by atomic mass is 35.5. The summed E-state index contributed by atoms with van der Waals surface area (Å²) in [6, 6.07) is 4.79. The number of aliphatic carboxylic acids is 1. The Morgan fingerprint density at radius 2 is 2.14 bits per heavy atom. The molecule has 0 spiro atoms. The van der Waals surface area contributed by atoms with Crippen LogP contribution < -0.4 is 10.1 Å². The van der Waals surface area contributed by atoms with Crippen LogP contribution in [0.15, 0.2) is 18.2 Å². The molecule has 0 saturated heterocycles. The van der Waals surface area contributed by atoms with E-state index in [4.69, 9.17) is 21.4 Å². The Hall–Kier alpha value is -1.75. The molecule has 1 amide bonds. The fourth-order valence-corrected chi connectivity index (χ4v) is 2.79. The van der Waals surface area contributed by atoms with Crippen molar-refractivity contribution in [3.05, 3.63) is 28.8 Å². The molecule has 1 aliphatic carbocycles. The van der Waals surface area contributed by atoms with Gasteiger partial charge in [0.1, 0.15) is 5.75 Å². The number of ether oxygens (including phenoxy) is 1. The molecule has 0 aromatic heterocycles. The van der Waals surface area contributed by atoms with E-state index in [1.54, 1.807) is 18.2 Å². The van der Waals surface area contributed by atoms with Crippen LogP contribution in [0, 0.1) is 5.41 Å². The van der Waals surface area contributed by atoms with Gasteiger partial charge in [-0.15, -0.1) is 0 Å². The largest absolute Gasteiger partial charge is 0.496 e. The highest BCUT2D eigenvalue weighted by Gasteiger charge is 2.39. The van der Waals surface area contributed by atoms with Crippen molar-refractivity contribution in [2.75, 3.05) is 13.7 Å². The summed E-state index contributed by atoms with van der Waals surface area (Å²) in [6.07, 6.45) is 2.76. The molecular formula is C15H18ClNO4. The van der Waals surface area contributed by atoms with Gasteiger partial charge >= 0.3 is 5.97 Å². The second-order valence-electron chi connectivity index (χ2n) is 5.45. The summed E-state index contributed by atoms with van der Waals surface area (Å²) < 4.78 is 5.14. The van der Waals surface area contributed by atoms with Crippen molar-refractivity contribution in [2.45, 2.75) is 25.7 Å². The zero-order chi connectivity index (χ0) is 15.5. The summed E-state index contributed by atoms with van der Waals surface area (Å²) >= 11 is 5.86. The number of amides is 1. The van der Waals surface area contributed by atoms with Crippen LogP contribution in [-0.2, 0) is 4.79 Å². The van der Waals surface area contributed by atoms with Gasteiger partial charge in [0.25, 0.3) is 5.91 Å². The molecule has 1 aromatic rings. The normalized spacial score (nSPS) is 15.9. The van der Waals surface area contributed by atoms with Crippen LogP contribution in [0.3, 0.4) is 0 Å². The van der Waals surface area contributed by atoms with Crippen molar-refractivity contribution in [1.82, 2.24) is 5.32 Å². The van der Waals surface area contributed by atoms with Gasteiger partial charge in [0, 0.05) is 11.6 Å². The lowest BCUT2D eigenvalue weighted by Gasteiger charge is -2.40. The summed E-state index contributed by atoms with van der Waals surface area (Å²) in [5.74, 6) is -0.700. The van der Waals surface area contributed by atoms with E-state index in [2.05, 4.69) is 5.32 Å². The number of methoxy groups -OCH3 is 1. The Morgan fingerprint density at radius 3 is 2.67 bits per heavy atom. The van der Waals surface area contributed by atoms with E-state index in [0.29, 0.717) is 22.9 Å². The molecule has 1 fully saturated rings. The number of halogens is 1. The van der Waals surface area contributed by atoms with Gasteiger partial charge in [-0.1, -0.05) is 18.0 Å². The van der Waals surface area contributed by atoms with Crippen molar-refractivity contribution < 1.29 is 19.4 Å². The van der Waals surface area contributed by atoms with Crippen LogP contribution in [0.25, 0.3) is 0 Å². The van der Waals surface area contributed by atoms with Crippen LogP contribution in [0.2, 0.25) is 5.02 Å².